The van der Waals surface area contributed by atoms with E-state index in [1.54, 1.807) is 24.3 Å². The molecular weight excluding hydrogens is 442 g/mol. The largest absolute Gasteiger partial charge is 0.337 e. The molecule has 2 N–H and O–H groups in total. The summed E-state index contributed by atoms with van der Waals surface area (Å²) in [5.41, 5.74) is 0.889. The van der Waals surface area contributed by atoms with Crippen LogP contribution in [0.4, 0.5) is 8.78 Å². The topological polar surface area (TPSA) is 107 Å². The average Bonchev–Trinajstić information content (AvgIpc) is 3.10. The van der Waals surface area contributed by atoms with Gasteiger partial charge in [-0.05, 0) is 29.8 Å². The number of nitrogens with one attached hydrogen (secondary N) is 2. The van der Waals surface area contributed by atoms with Gasteiger partial charge in [0.1, 0.15) is 13.3 Å². The number of nitrogens with zero attached hydrogens (tertiary/aromatic N) is 4. The third kappa shape index (κ3) is 4.89. The number of hydrogen-bond donors (Lipinski definition) is 2. The molecule has 10 heteroatoms. The number of benzene rings is 1. The van der Waals surface area contributed by atoms with Crippen molar-refractivity contribution in [2.45, 2.75) is 6.42 Å². The maximum absolute atomic E-state index is 13.5. The Bertz CT molecular complexity index is 1240. The molecule has 0 radical (unpaired) electrons. The quantitative estimate of drug-likeness (QED) is 0.578. The highest BCUT2D eigenvalue weighted by Gasteiger charge is 2.36. The second-order valence-corrected chi connectivity index (χ2v) is 8.52. The van der Waals surface area contributed by atoms with E-state index in [1.807, 2.05) is 12.1 Å². The van der Waals surface area contributed by atoms with Crippen LogP contribution >= 0.6 is 0 Å². The number of carbonyl (C=O) groups excluding carboxylic acids is 1. The number of aromatic nitrogens is 3. The molecule has 1 aliphatic rings. The van der Waals surface area contributed by atoms with E-state index in [4.69, 9.17) is 5.26 Å². The number of amides is 1. The summed E-state index contributed by atoms with van der Waals surface area (Å²) in [5, 5.41) is 14.9. The second-order valence-electron chi connectivity index (χ2n) is 8.52. The van der Waals surface area contributed by atoms with E-state index in [0.717, 1.165) is 5.56 Å². The number of carbonyl (C=O) groups is 1. The summed E-state index contributed by atoms with van der Waals surface area (Å²) in [6.07, 6.45) is 1.83. The minimum Gasteiger partial charge on any atom is -0.337 e. The zero-order valence-electron chi connectivity index (χ0n) is 18.4. The zero-order chi connectivity index (χ0) is 24.1. The van der Waals surface area contributed by atoms with Gasteiger partial charge in [-0.2, -0.15) is 5.26 Å². The van der Waals surface area contributed by atoms with Crippen molar-refractivity contribution in [1.29, 1.82) is 5.26 Å². The first-order valence-electron chi connectivity index (χ1n) is 10.9. The molecule has 0 bridgehead atoms. The van der Waals surface area contributed by atoms with E-state index >= 15 is 0 Å². The van der Waals surface area contributed by atoms with Crippen molar-refractivity contribution in [2.24, 2.45) is 5.41 Å². The number of nitriles is 1. The number of aromatic amines is 1. The van der Waals surface area contributed by atoms with Crippen LogP contribution in [-0.4, -0.2) is 65.1 Å². The van der Waals surface area contributed by atoms with Gasteiger partial charge in [0.05, 0.1) is 22.6 Å². The molecular formula is C24H24F2N6O2. The molecule has 0 atom stereocenters. The fourth-order valence-corrected chi connectivity index (χ4v) is 3.95. The minimum absolute atomic E-state index is 0.0254. The van der Waals surface area contributed by atoms with Crippen LogP contribution in [0.2, 0.25) is 0 Å². The van der Waals surface area contributed by atoms with Crippen LogP contribution in [0.25, 0.3) is 5.82 Å². The van der Waals surface area contributed by atoms with Gasteiger partial charge in [0, 0.05) is 50.6 Å². The van der Waals surface area contributed by atoms with E-state index in [2.05, 4.69) is 21.5 Å². The van der Waals surface area contributed by atoms with Gasteiger partial charge in [-0.1, -0.05) is 12.1 Å². The molecule has 1 saturated heterocycles. The van der Waals surface area contributed by atoms with Gasteiger partial charge < -0.3 is 10.2 Å². The predicted octanol–water partition coefficient (Wildman–Crippen LogP) is 1.99. The fraction of sp³-hybridized carbons (Fsp3) is 0.333. The Kier molecular flexibility index (Phi) is 6.84. The maximum atomic E-state index is 13.5. The van der Waals surface area contributed by atoms with Crippen LogP contribution in [0.5, 0.6) is 0 Å². The molecule has 8 nitrogen and oxygen atoms in total. The summed E-state index contributed by atoms with van der Waals surface area (Å²) in [4.78, 5) is 31.1. The van der Waals surface area contributed by atoms with Gasteiger partial charge in [0.2, 0.25) is 0 Å². The lowest BCUT2D eigenvalue weighted by atomic mass is 9.90. The van der Waals surface area contributed by atoms with E-state index in [9.17, 15) is 18.4 Å². The molecule has 2 aromatic heterocycles. The standard InChI is InChI=1S/C24H24F2N6O2/c25-13-24(14-26)15-28-7-8-31(16-24)23(34)19-5-6-21(29-12-19)32-22(33)10-20(30-32)9-17-1-3-18(11-27)4-2-17/h1-6,10,12,28,30H,7-9,13-16H2. The maximum Gasteiger partial charge on any atom is 0.272 e. The molecule has 1 aromatic carbocycles. The van der Waals surface area contributed by atoms with Gasteiger partial charge >= 0.3 is 0 Å². The molecule has 3 heterocycles. The van der Waals surface area contributed by atoms with Gasteiger partial charge in [0.15, 0.2) is 5.82 Å². The van der Waals surface area contributed by atoms with Gasteiger partial charge in [-0.3, -0.25) is 23.5 Å². The Morgan fingerprint density at radius 3 is 2.59 bits per heavy atom. The van der Waals surface area contributed by atoms with E-state index in [0.29, 0.717) is 36.6 Å². The van der Waals surface area contributed by atoms with E-state index < -0.39 is 18.8 Å². The highest BCUT2D eigenvalue weighted by molar-refractivity contribution is 5.94. The third-order valence-electron chi connectivity index (χ3n) is 5.91. The molecule has 0 spiro atoms. The van der Waals surface area contributed by atoms with Crippen molar-refractivity contribution in [3.63, 3.8) is 0 Å². The zero-order valence-corrected chi connectivity index (χ0v) is 18.4. The summed E-state index contributed by atoms with van der Waals surface area (Å²) in [6.45, 7) is -0.810. The van der Waals surface area contributed by atoms with Crippen molar-refractivity contribution in [1.82, 2.24) is 25.0 Å². The Balaban J connectivity index is 1.49. The van der Waals surface area contributed by atoms with Crippen LogP contribution in [-0.2, 0) is 6.42 Å². The summed E-state index contributed by atoms with van der Waals surface area (Å²) < 4.78 is 28.3. The van der Waals surface area contributed by atoms with E-state index in [1.165, 1.54) is 21.8 Å². The van der Waals surface area contributed by atoms with Crippen molar-refractivity contribution in [2.75, 3.05) is 39.5 Å². The monoisotopic (exact) mass is 466 g/mol. The lowest BCUT2D eigenvalue weighted by molar-refractivity contribution is 0.0619. The lowest BCUT2D eigenvalue weighted by Crippen LogP contribution is -2.45. The van der Waals surface area contributed by atoms with Crippen molar-refractivity contribution < 1.29 is 13.6 Å². The van der Waals surface area contributed by atoms with Gasteiger partial charge in [-0.25, -0.2) is 9.67 Å². The van der Waals surface area contributed by atoms with Gasteiger partial charge in [-0.15, -0.1) is 0 Å². The Morgan fingerprint density at radius 2 is 1.94 bits per heavy atom. The van der Waals surface area contributed by atoms with Crippen molar-refractivity contribution in [3.8, 4) is 11.9 Å². The fourth-order valence-electron chi connectivity index (χ4n) is 3.95. The van der Waals surface area contributed by atoms with Gasteiger partial charge in [0.25, 0.3) is 11.5 Å². The van der Waals surface area contributed by atoms with Crippen LogP contribution in [0.1, 0.15) is 27.2 Å². The third-order valence-corrected chi connectivity index (χ3v) is 5.91. The second kappa shape index (κ2) is 9.97. The minimum atomic E-state index is -1.25. The number of pyridine rings is 1. The normalized spacial score (nSPS) is 15.5. The summed E-state index contributed by atoms with van der Waals surface area (Å²) in [5.74, 6) is -0.0543. The van der Waals surface area contributed by atoms with Crippen LogP contribution in [0.3, 0.4) is 0 Å². The number of alkyl halides is 2. The first-order chi connectivity index (χ1) is 16.5. The Morgan fingerprint density at radius 1 is 1.18 bits per heavy atom. The number of halogens is 2. The average molecular weight is 466 g/mol. The summed E-state index contributed by atoms with van der Waals surface area (Å²) >= 11 is 0. The summed E-state index contributed by atoms with van der Waals surface area (Å²) in [6, 6.07) is 13.7. The Labute approximate surface area is 194 Å². The molecule has 0 aliphatic carbocycles. The predicted molar refractivity (Wildman–Crippen MR) is 121 cm³/mol. The number of H-pyrrole nitrogens is 1. The molecule has 176 valence electrons. The van der Waals surface area contributed by atoms with Crippen molar-refractivity contribution in [3.05, 3.63) is 81.4 Å². The molecule has 34 heavy (non-hydrogen) atoms. The van der Waals surface area contributed by atoms with Crippen LogP contribution in [0.15, 0.2) is 53.5 Å². The molecule has 1 fully saturated rings. The lowest BCUT2D eigenvalue weighted by Gasteiger charge is -2.31. The number of hydrogen-bond acceptors (Lipinski definition) is 5. The highest BCUT2D eigenvalue weighted by Crippen LogP contribution is 2.23. The van der Waals surface area contributed by atoms with Crippen LogP contribution < -0.4 is 10.9 Å². The Hall–Kier alpha value is -3.84. The molecule has 0 unspecified atom stereocenters. The molecule has 1 amide bonds. The summed E-state index contributed by atoms with van der Waals surface area (Å²) in [7, 11) is 0. The smallest absolute Gasteiger partial charge is 0.272 e. The van der Waals surface area contributed by atoms with Crippen LogP contribution in [0, 0.1) is 16.7 Å². The SMILES string of the molecule is N#Cc1ccc(Cc2cc(=O)n(-c3ccc(C(=O)N4CCNCC(CF)(CF)C4)cn3)[nH]2)cc1. The molecule has 1 aliphatic heterocycles. The van der Waals surface area contributed by atoms with E-state index in [-0.39, 0.29) is 30.1 Å². The number of rotatable bonds is 6. The molecule has 3 aromatic rings. The molecule has 4 rings (SSSR count). The van der Waals surface area contributed by atoms with Crippen molar-refractivity contribution >= 4 is 5.91 Å². The first kappa shape index (κ1) is 23.3. The first-order valence-corrected chi connectivity index (χ1v) is 10.9. The highest BCUT2D eigenvalue weighted by atomic mass is 19.1. The molecule has 0 saturated carbocycles.